The Morgan fingerprint density at radius 3 is 0.947 bits per heavy atom. The van der Waals surface area contributed by atoms with E-state index in [4.69, 9.17) is 0 Å². The van der Waals surface area contributed by atoms with E-state index in [0.717, 1.165) is 25.7 Å². The zero-order valence-electron chi connectivity index (χ0n) is 14.5. The Balaban J connectivity index is -0.000000256. The summed E-state index contributed by atoms with van der Waals surface area (Å²) in [5, 5.41) is 21.8. The summed E-state index contributed by atoms with van der Waals surface area (Å²) in [6, 6.07) is 0. The van der Waals surface area contributed by atoms with Crippen LogP contribution < -0.4 is 10.2 Å². The van der Waals surface area contributed by atoms with E-state index in [2.05, 4.69) is 41.5 Å². The van der Waals surface area contributed by atoms with Gasteiger partial charge in [0, 0.05) is 0 Å². The first-order chi connectivity index (χ1) is 7.91. The van der Waals surface area contributed by atoms with Gasteiger partial charge in [0.05, 0.1) is 0 Å². The van der Waals surface area contributed by atoms with Crippen LogP contribution in [0.25, 0.3) is 0 Å². The summed E-state index contributed by atoms with van der Waals surface area (Å²) in [5.41, 5.74) is 0.421. The second-order valence-corrected chi connectivity index (χ2v) is 7.59. The molecule has 0 aromatic rings. The molecule has 3 heteroatoms. The van der Waals surface area contributed by atoms with Gasteiger partial charge in [-0.1, -0.05) is 81.1 Å². The van der Waals surface area contributed by atoms with Gasteiger partial charge >= 0.3 is 23.1 Å². The average Bonchev–Trinajstić information content (AvgIpc) is 2.13. The molecule has 0 amide bonds. The Morgan fingerprint density at radius 2 is 0.895 bits per heavy atom. The number of hydrogen-bond donors (Lipinski definition) is 0. The average molecular weight is 283 g/mol. The molecule has 0 fully saturated rings. The molecule has 0 bridgehead atoms. The first-order valence-electron chi connectivity index (χ1n) is 7.23. The Hall–Kier alpha value is 0.686. The summed E-state index contributed by atoms with van der Waals surface area (Å²) in [5.74, 6) is 0. The fourth-order valence-corrected chi connectivity index (χ4v) is 1.65. The van der Waals surface area contributed by atoms with Crippen LogP contribution in [0.3, 0.4) is 0 Å². The van der Waals surface area contributed by atoms with E-state index in [1.165, 1.54) is 0 Å². The van der Waals surface area contributed by atoms with E-state index in [9.17, 15) is 10.2 Å². The molecule has 0 N–H and O–H groups in total. The number of hydrogen-bond acceptors (Lipinski definition) is 2. The van der Waals surface area contributed by atoms with E-state index in [1.807, 2.05) is 13.8 Å². The van der Waals surface area contributed by atoms with Crippen LogP contribution in [0.2, 0.25) is 0 Å². The van der Waals surface area contributed by atoms with Crippen molar-refractivity contribution in [2.75, 3.05) is 0 Å². The molecule has 0 saturated heterocycles. The third kappa shape index (κ3) is 24.1. The topological polar surface area (TPSA) is 46.1 Å². The molecular weight excluding hydrogens is 248 g/mol. The zero-order chi connectivity index (χ0) is 15.0. The Morgan fingerprint density at radius 1 is 0.684 bits per heavy atom. The van der Waals surface area contributed by atoms with Gasteiger partial charge in [0.1, 0.15) is 0 Å². The van der Waals surface area contributed by atoms with Crippen molar-refractivity contribution in [3.8, 4) is 0 Å². The van der Waals surface area contributed by atoms with E-state index < -0.39 is 0 Å². The fraction of sp³-hybridized carbons (Fsp3) is 1.00. The van der Waals surface area contributed by atoms with Gasteiger partial charge < -0.3 is 10.2 Å². The molecule has 0 aliphatic rings. The van der Waals surface area contributed by atoms with Gasteiger partial charge in [-0.2, -0.15) is 0 Å². The predicted molar refractivity (Wildman–Crippen MR) is 82.1 cm³/mol. The van der Waals surface area contributed by atoms with Crippen molar-refractivity contribution in [1.29, 1.82) is 0 Å². The van der Waals surface area contributed by atoms with Crippen molar-refractivity contribution >= 4 is 23.1 Å². The third-order valence-electron chi connectivity index (χ3n) is 2.59. The summed E-state index contributed by atoms with van der Waals surface area (Å²) in [6.45, 7) is 16.5. The maximum Gasteiger partial charge on any atom is 2.00 e. The molecule has 0 saturated carbocycles. The van der Waals surface area contributed by atoms with Crippen LogP contribution in [0, 0.1) is 10.8 Å². The molecule has 0 aromatic carbocycles. The van der Waals surface area contributed by atoms with Crippen molar-refractivity contribution in [2.45, 2.75) is 93.3 Å². The zero-order valence-corrected chi connectivity index (χ0v) is 15.9. The molecule has 2 unspecified atom stereocenters. The summed E-state index contributed by atoms with van der Waals surface area (Å²) in [7, 11) is 0. The minimum absolute atomic E-state index is 0. The van der Waals surface area contributed by atoms with Gasteiger partial charge in [0.25, 0.3) is 0 Å². The second-order valence-electron chi connectivity index (χ2n) is 7.59. The minimum Gasteiger partial charge on any atom is -0.852 e. The van der Waals surface area contributed by atoms with Gasteiger partial charge in [-0.15, -0.1) is 12.2 Å². The first-order valence-corrected chi connectivity index (χ1v) is 7.23. The maximum atomic E-state index is 10.9. The molecule has 0 spiro atoms. The summed E-state index contributed by atoms with van der Waals surface area (Å²) >= 11 is 0. The molecule has 0 aliphatic heterocycles. The summed E-state index contributed by atoms with van der Waals surface area (Å²) < 4.78 is 0. The Bertz CT molecular complexity index is 170. The van der Waals surface area contributed by atoms with Crippen molar-refractivity contribution in [3.63, 3.8) is 0 Å². The van der Waals surface area contributed by atoms with Gasteiger partial charge in [-0.3, -0.25) is 0 Å². The van der Waals surface area contributed by atoms with Crippen LogP contribution in [-0.4, -0.2) is 35.3 Å². The van der Waals surface area contributed by atoms with E-state index in [-0.39, 0.29) is 46.1 Å². The van der Waals surface area contributed by atoms with E-state index in [0.29, 0.717) is 0 Å². The Kier molecular flexibility index (Phi) is 14.8. The van der Waals surface area contributed by atoms with Crippen molar-refractivity contribution in [3.05, 3.63) is 0 Å². The van der Waals surface area contributed by atoms with Crippen molar-refractivity contribution in [1.82, 2.24) is 0 Å². The summed E-state index contributed by atoms with van der Waals surface area (Å²) in [4.78, 5) is 0. The maximum absolute atomic E-state index is 10.9. The van der Waals surface area contributed by atoms with Gasteiger partial charge in [-0.05, 0) is 10.8 Å². The van der Waals surface area contributed by atoms with Crippen LogP contribution in [0.1, 0.15) is 81.1 Å². The minimum atomic E-state index is -0.356. The fourth-order valence-electron chi connectivity index (χ4n) is 1.65. The molecule has 0 aliphatic carbocycles. The van der Waals surface area contributed by atoms with Crippen LogP contribution in [0.5, 0.6) is 0 Å². The SMILES string of the molecule is CCC([O-])CC(C)(C)C.CCC([O-])CC(C)(C)C.[Mg+2]. The second kappa shape index (κ2) is 11.4. The van der Waals surface area contributed by atoms with E-state index in [1.54, 1.807) is 0 Å². The van der Waals surface area contributed by atoms with Gasteiger partial charge in [0.2, 0.25) is 0 Å². The molecule has 19 heavy (non-hydrogen) atoms. The normalized spacial score (nSPS) is 14.8. The predicted octanol–water partition coefficient (Wildman–Crippen LogP) is 2.74. The molecule has 2 nitrogen and oxygen atoms in total. The largest absolute Gasteiger partial charge is 2.00 e. The monoisotopic (exact) mass is 282 g/mol. The first kappa shape index (κ1) is 24.7. The molecule has 0 aromatic heterocycles. The molecule has 0 heterocycles. The van der Waals surface area contributed by atoms with Gasteiger partial charge in [-0.25, -0.2) is 0 Å². The molecule has 0 rings (SSSR count). The third-order valence-corrected chi connectivity index (χ3v) is 2.59. The molecule has 2 atom stereocenters. The van der Waals surface area contributed by atoms with Crippen LogP contribution in [-0.2, 0) is 0 Å². The van der Waals surface area contributed by atoms with Crippen LogP contribution >= 0.6 is 0 Å². The molecular formula is C16H34MgO2. The standard InChI is InChI=1S/2C8H17O.Mg/c2*1-5-7(9)6-8(2,3)4;/h2*7H,5-6H2,1-4H3;/q2*-1;+2. The van der Waals surface area contributed by atoms with Crippen molar-refractivity contribution in [2.24, 2.45) is 10.8 Å². The quantitative estimate of drug-likeness (QED) is 0.744. The smallest absolute Gasteiger partial charge is 0.852 e. The summed E-state index contributed by atoms with van der Waals surface area (Å²) in [6.07, 6.45) is 2.40. The van der Waals surface area contributed by atoms with Crippen LogP contribution in [0.4, 0.5) is 0 Å². The van der Waals surface area contributed by atoms with Gasteiger partial charge in [0.15, 0.2) is 0 Å². The molecule has 112 valence electrons. The molecule has 0 radical (unpaired) electrons. The van der Waals surface area contributed by atoms with Crippen molar-refractivity contribution < 1.29 is 10.2 Å². The van der Waals surface area contributed by atoms with Crippen LogP contribution in [0.15, 0.2) is 0 Å². The van der Waals surface area contributed by atoms with E-state index >= 15 is 0 Å². The Labute approximate surface area is 137 Å². The number of rotatable bonds is 4.